The smallest absolute Gasteiger partial charge is 0.120 e. The minimum atomic E-state index is 0.439. The third-order valence-corrected chi connectivity index (χ3v) is 2.57. The number of rotatable bonds is 5. The predicted molar refractivity (Wildman–Crippen MR) is 61.4 cm³/mol. The molecule has 0 N–H and O–H groups in total. The molecule has 78 valence electrons. The van der Waals surface area contributed by atoms with Gasteiger partial charge in [-0.1, -0.05) is 31.0 Å². The van der Waals surface area contributed by atoms with Gasteiger partial charge in [0, 0.05) is 10.9 Å². The van der Waals surface area contributed by atoms with Crippen LogP contribution in [-0.4, -0.2) is 6.61 Å². The summed E-state index contributed by atoms with van der Waals surface area (Å²) in [5.41, 5.74) is 0.941. The normalized spacial score (nSPS) is 10.2. The second kappa shape index (κ2) is 6.15. The van der Waals surface area contributed by atoms with Crippen LogP contribution >= 0.6 is 23.2 Å². The van der Waals surface area contributed by atoms with Crippen LogP contribution in [0.5, 0.6) is 5.75 Å². The first-order valence-electron chi connectivity index (χ1n) is 4.75. The predicted octanol–water partition coefficient (Wildman–Crippen LogP) is 4.26. The van der Waals surface area contributed by atoms with Crippen LogP contribution in [0.4, 0.5) is 0 Å². The molecule has 0 fully saturated rings. The van der Waals surface area contributed by atoms with Crippen molar-refractivity contribution in [1.82, 2.24) is 0 Å². The lowest BCUT2D eigenvalue weighted by Crippen LogP contribution is -1.96. The molecular formula is C11H14Cl2O. The van der Waals surface area contributed by atoms with Crippen molar-refractivity contribution in [1.29, 1.82) is 0 Å². The van der Waals surface area contributed by atoms with E-state index in [1.165, 1.54) is 0 Å². The molecule has 0 radical (unpaired) electrons. The standard InChI is InChI=1S/C11H14Cl2O/c1-2-3-6-14-10-5-4-9(8-12)11(13)7-10/h4-5,7H,2-3,6,8H2,1H3. The lowest BCUT2D eigenvalue weighted by molar-refractivity contribution is 0.309. The first-order chi connectivity index (χ1) is 6.77. The van der Waals surface area contributed by atoms with Gasteiger partial charge in [-0.05, 0) is 24.1 Å². The topological polar surface area (TPSA) is 9.23 Å². The molecule has 1 aromatic carbocycles. The number of unbranched alkanes of at least 4 members (excludes halogenated alkanes) is 1. The molecular weight excluding hydrogens is 219 g/mol. The van der Waals surface area contributed by atoms with Crippen molar-refractivity contribution >= 4 is 23.2 Å². The molecule has 0 bridgehead atoms. The number of halogens is 2. The zero-order chi connectivity index (χ0) is 10.4. The van der Waals surface area contributed by atoms with Crippen LogP contribution in [0.2, 0.25) is 5.02 Å². The van der Waals surface area contributed by atoms with E-state index >= 15 is 0 Å². The summed E-state index contributed by atoms with van der Waals surface area (Å²) < 4.78 is 5.50. The van der Waals surface area contributed by atoms with Gasteiger partial charge in [0.05, 0.1) is 6.61 Å². The SMILES string of the molecule is CCCCOc1ccc(CCl)c(Cl)c1. The van der Waals surface area contributed by atoms with Crippen LogP contribution in [-0.2, 0) is 5.88 Å². The van der Waals surface area contributed by atoms with Crippen molar-refractivity contribution in [3.05, 3.63) is 28.8 Å². The summed E-state index contributed by atoms with van der Waals surface area (Å²) in [7, 11) is 0. The molecule has 0 saturated heterocycles. The number of alkyl halides is 1. The Morgan fingerprint density at radius 1 is 1.36 bits per heavy atom. The highest BCUT2D eigenvalue weighted by Crippen LogP contribution is 2.23. The average Bonchev–Trinajstić information content (AvgIpc) is 2.18. The minimum absolute atomic E-state index is 0.439. The Labute approximate surface area is 95.0 Å². The fourth-order valence-corrected chi connectivity index (χ4v) is 1.60. The van der Waals surface area contributed by atoms with Crippen molar-refractivity contribution < 1.29 is 4.74 Å². The van der Waals surface area contributed by atoms with E-state index in [1.807, 2.05) is 18.2 Å². The highest BCUT2D eigenvalue weighted by Gasteiger charge is 2.00. The van der Waals surface area contributed by atoms with Crippen molar-refractivity contribution in [2.75, 3.05) is 6.61 Å². The lowest BCUT2D eigenvalue weighted by Gasteiger charge is -2.07. The number of benzene rings is 1. The summed E-state index contributed by atoms with van der Waals surface area (Å²) in [4.78, 5) is 0. The fourth-order valence-electron chi connectivity index (χ4n) is 1.06. The van der Waals surface area contributed by atoms with Crippen LogP contribution in [0.1, 0.15) is 25.3 Å². The quantitative estimate of drug-likeness (QED) is 0.545. The monoisotopic (exact) mass is 232 g/mol. The molecule has 0 aromatic heterocycles. The molecule has 0 spiro atoms. The summed E-state index contributed by atoms with van der Waals surface area (Å²) in [6, 6.07) is 5.62. The fraction of sp³-hybridized carbons (Fsp3) is 0.455. The van der Waals surface area contributed by atoms with Gasteiger partial charge in [0.1, 0.15) is 5.75 Å². The number of hydrogen-bond donors (Lipinski definition) is 0. The zero-order valence-electron chi connectivity index (χ0n) is 8.22. The van der Waals surface area contributed by atoms with E-state index in [1.54, 1.807) is 0 Å². The molecule has 1 aromatic rings. The Kier molecular flexibility index (Phi) is 5.13. The van der Waals surface area contributed by atoms with Gasteiger partial charge in [-0.25, -0.2) is 0 Å². The van der Waals surface area contributed by atoms with Crippen molar-refractivity contribution in [3.8, 4) is 5.75 Å². The molecule has 3 heteroatoms. The van der Waals surface area contributed by atoms with Crippen LogP contribution < -0.4 is 4.74 Å². The van der Waals surface area contributed by atoms with E-state index in [9.17, 15) is 0 Å². The summed E-state index contributed by atoms with van der Waals surface area (Å²) in [5, 5.41) is 0.675. The molecule has 0 amide bonds. The lowest BCUT2D eigenvalue weighted by atomic mass is 10.2. The van der Waals surface area contributed by atoms with Gasteiger partial charge in [-0.15, -0.1) is 11.6 Å². The van der Waals surface area contributed by atoms with Gasteiger partial charge in [-0.2, -0.15) is 0 Å². The van der Waals surface area contributed by atoms with Crippen LogP contribution in [0.15, 0.2) is 18.2 Å². The van der Waals surface area contributed by atoms with Crippen LogP contribution in [0, 0.1) is 0 Å². The maximum absolute atomic E-state index is 5.98. The molecule has 0 aliphatic carbocycles. The molecule has 1 rings (SSSR count). The van der Waals surface area contributed by atoms with Crippen LogP contribution in [0.25, 0.3) is 0 Å². The summed E-state index contributed by atoms with van der Waals surface area (Å²) in [5.74, 6) is 1.26. The molecule has 0 heterocycles. The molecule has 0 aliphatic heterocycles. The largest absolute Gasteiger partial charge is 0.494 e. The van der Waals surface area contributed by atoms with Gasteiger partial charge in [0.2, 0.25) is 0 Å². The highest BCUT2D eigenvalue weighted by atomic mass is 35.5. The summed E-state index contributed by atoms with van der Waals surface area (Å²) in [6.07, 6.45) is 2.20. The molecule has 1 nitrogen and oxygen atoms in total. The first-order valence-corrected chi connectivity index (χ1v) is 5.66. The molecule has 14 heavy (non-hydrogen) atoms. The van der Waals surface area contributed by atoms with Gasteiger partial charge in [-0.3, -0.25) is 0 Å². The Morgan fingerprint density at radius 3 is 2.71 bits per heavy atom. The molecule has 0 atom stereocenters. The maximum Gasteiger partial charge on any atom is 0.120 e. The Hall–Kier alpha value is -0.400. The molecule has 0 saturated carbocycles. The van der Waals surface area contributed by atoms with E-state index < -0.39 is 0 Å². The molecule has 0 aliphatic rings. The first kappa shape index (κ1) is 11.7. The highest BCUT2D eigenvalue weighted by molar-refractivity contribution is 6.32. The summed E-state index contributed by atoms with van der Waals surface area (Å²) >= 11 is 11.7. The number of ether oxygens (including phenoxy) is 1. The Morgan fingerprint density at radius 2 is 2.14 bits per heavy atom. The van der Waals surface area contributed by atoms with E-state index in [0.717, 1.165) is 30.8 Å². The van der Waals surface area contributed by atoms with E-state index in [4.69, 9.17) is 27.9 Å². The molecule has 0 unspecified atom stereocenters. The van der Waals surface area contributed by atoms with Gasteiger partial charge < -0.3 is 4.74 Å². The van der Waals surface area contributed by atoms with E-state index in [0.29, 0.717) is 10.9 Å². The van der Waals surface area contributed by atoms with Crippen molar-refractivity contribution in [2.24, 2.45) is 0 Å². The Bertz CT molecular complexity index is 287. The van der Waals surface area contributed by atoms with Crippen molar-refractivity contribution in [3.63, 3.8) is 0 Å². The Balaban J connectivity index is 2.57. The third kappa shape index (κ3) is 3.39. The van der Waals surface area contributed by atoms with E-state index in [2.05, 4.69) is 6.92 Å². The average molecular weight is 233 g/mol. The zero-order valence-corrected chi connectivity index (χ0v) is 9.74. The minimum Gasteiger partial charge on any atom is -0.494 e. The second-order valence-electron chi connectivity index (χ2n) is 3.09. The third-order valence-electron chi connectivity index (χ3n) is 1.94. The van der Waals surface area contributed by atoms with Gasteiger partial charge in [0.25, 0.3) is 0 Å². The van der Waals surface area contributed by atoms with Crippen LogP contribution in [0.3, 0.4) is 0 Å². The maximum atomic E-state index is 5.98. The van der Waals surface area contributed by atoms with E-state index in [-0.39, 0.29) is 0 Å². The van der Waals surface area contributed by atoms with Gasteiger partial charge >= 0.3 is 0 Å². The second-order valence-corrected chi connectivity index (χ2v) is 3.76. The van der Waals surface area contributed by atoms with Crippen molar-refractivity contribution in [2.45, 2.75) is 25.6 Å². The number of hydrogen-bond acceptors (Lipinski definition) is 1. The summed E-state index contributed by atoms with van der Waals surface area (Å²) in [6.45, 7) is 2.87. The van der Waals surface area contributed by atoms with Gasteiger partial charge in [0.15, 0.2) is 0 Å².